The molecule has 0 atom stereocenters. The smallest absolute Gasteiger partial charge is 0.223 e. The SMILES string of the molecule is CCCCOc1ccc(CCNC(=O)C2CCNCC2)cc1. The molecular formula is C18H28N2O2. The molecule has 0 spiro atoms. The van der Waals surface area contributed by atoms with Crippen molar-refractivity contribution < 1.29 is 9.53 Å². The van der Waals surface area contributed by atoms with E-state index in [1.807, 2.05) is 12.1 Å². The second kappa shape index (κ2) is 9.46. The van der Waals surface area contributed by atoms with E-state index in [0.717, 1.165) is 57.6 Å². The van der Waals surface area contributed by atoms with E-state index in [-0.39, 0.29) is 11.8 Å². The van der Waals surface area contributed by atoms with Crippen molar-refractivity contribution in [2.75, 3.05) is 26.2 Å². The number of carbonyl (C=O) groups excluding carboxylic acids is 1. The van der Waals surface area contributed by atoms with Crippen LogP contribution < -0.4 is 15.4 Å². The van der Waals surface area contributed by atoms with Crippen molar-refractivity contribution in [3.8, 4) is 5.75 Å². The average molecular weight is 304 g/mol. The Morgan fingerprint density at radius 1 is 1.27 bits per heavy atom. The summed E-state index contributed by atoms with van der Waals surface area (Å²) >= 11 is 0. The van der Waals surface area contributed by atoms with Gasteiger partial charge in [0.05, 0.1) is 6.61 Å². The molecule has 1 heterocycles. The summed E-state index contributed by atoms with van der Waals surface area (Å²) in [5.74, 6) is 1.33. The third-order valence-electron chi connectivity index (χ3n) is 4.11. The molecule has 1 aromatic rings. The number of amides is 1. The summed E-state index contributed by atoms with van der Waals surface area (Å²) in [6, 6.07) is 8.19. The van der Waals surface area contributed by atoms with Crippen molar-refractivity contribution in [1.29, 1.82) is 0 Å². The molecule has 1 aliphatic heterocycles. The maximum Gasteiger partial charge on any atom is 0.223 e. The summed E-state index contributed by atoms with van der Waals surface area (Å²) in [6.45, 7) is 5.56. The maximum absolute atomic E-state index is 12.0. The number of nitrogens with one attached hydrogen (secondary N) is 2. The molecule has 0 aliphatic carbocycles. The fraction of sp³-hybridized carbons (Fsp3) is 0.611. The number of unbranched alkanes of at least 4 members (excludes halogenated alkanes) is 1. The molecule has 0 aromatic heterocycles. The molecule has 1 aliphatic rings. The first kappa shape index (κ1) is 16.8. The van der Waals surface area contributed by atoms with E-state index < -0.39 is 0 Å². The van der Waals surface area contributed by atoms with Crippen LogP contribution in [0.4, 0.5) is 0 Å². The normalized spacial score (nSPS) is 15.5. The topological polar surface area (TPSA) is 50.4 Å². The van der Waals surface area contributed by atoms with Crippen LogP contribution in [-0.4, -0.2) is 32.1 Å². The van der Waals surface area contributed by atoms with Crippen molar-refractivity contribution in [1.82, 2.24) is 10.6 Å². The molecule has 122 valence electrons. The van der Waals surface area contributed by atoms with E-state index in [1.54, 1.807) is 0 Å². The Hall–Kier alpha value is -1.55. The Morgan fingerprint density at radius 2 is 2.00 bits per heavy atom. The minimum absolute atomic E-state index is 0.190. The van der Waals surface area contributed by atoms with Gasteiger partial charge in [0.1, 0.15) is 5.75 Å². The van der Waals surface area contributed by atoms with Crippen LogP contribution in [0.25, 0.3) is 0 Å². The lowest BCUT2D eigenvalue weighted by Crippen LogP contribution is -2.38. The van der Waals surface area contributed by atoms with Gasteiger partial charge in [-0.05, 0) is 56.5 Å². The van der Waals surface area contributed by atoms with E-state index in [4.69, 9.17) is 4.74 Å². The molecule has 1 saturated heterocycles. The van der Waals surface area contributed by atoms with Crippen molar-refractivity contribution >= 4 is 5.91 Å². The second-order valence-corrected chi connectivity index (χ2v) is 5.91. The first-order valence-electron chi connectivity index (χ1n) is 8.49. The number of hydrogen-bond acceptors (Lipinski definition) is 3. The molecule has 2 rings (SSSR count). The lowest BCUT2D eigenvalue weighted by molar-refractivity contribution is -0.125. The summed E-state index contributed by atoms with van der Waals surface area (Å²) < 4.78 is 5.65. The van der Waals surface area contributed by atoms with Crippen molar-refractivity contribution in [2.24, 2.45) is 5.92 Å². The minimum Gasteiger partial charge on any atom is -0.494 e. The van der Waals surface area contributed by atoms with Crippen LogP contribution >= 0.6 is 0 Å². The molecule has 1 aromatic carbocycles. The van der Waals surface area contributed by atoms with Crippen molar-refractivity contribution in [2.45, 2.75) is 39.0 Å². The molecule has 1 fully saturated rings. The molecule has 2 N–H and O–H groups in total. The summed E-state index contributed by atoms with van der Waals surface area (Å²) in [7, 11) is 0. The molecule has 0 unspecified atom stereocenters. The fourth-order valence-corrected chi connectivity index (χ4v) is 2.65. The Labute approximate surface area is 133 Å². The van der Waals surface area contributed by atoms with Gasteiger partial charge < -0.3 is 15.4 Å². The van der Waals surface area contributed by atoms with Crippen LogP contribution in [0.15, 0.2) is 24.3 Å². The van der Waals surface area contributed by atoms with E-state index in [9.17, 15) is 4.79 Å². The monoisotopic (exact) mass is 304 g/mol. The van der Waals surface area contributed by atoms with Gasteiger partial charge in [-0.15, -0.1) is 0 Å². The number of piperidine rings is 1. The predicted molar refractivity (Wildman–Crippen MR) is 89.2 cm³/mol. The maximum atomic E-state index is 12.0. The lowest BCUT2D eigenvalue weighted by atomic mass is 9.97. The Balaban J connectivity index is 1.66. The summed E-state index contributed by atoms with van der Waals surface area (Å²) in [6.07, 6.45) is 5.01. The van der Waals surface area contributed by atoms with E-state index in [1.165, 1.54) is 5.56 Å². The lowest BCUT2D eigenvalue weighted by Gasteiger charge is -2.21. The predicted octanol–water partition coefficient (Wildman–Crippen LogP) is 2.52. The minimum atomic E-state index is 0.190. The number of benzene rings is 1. The van der Waals surface area contributed by atoms with Crippen LogP contribution in [0.2, 0.25) is 0 Å². The first-order valence-corrected chi connectivity index (χ1v) is 8.49. The Morgan fingerprint density at radius 3 is 2.68 bits per heavy atom. The Bertz CT molecular complexity index is 439. The van der Waals surface area contributed by atoms with Crippen molar-refractivity contribution in [3.05, 3.63) is 29.8 Å². The summed E-state index contributed by atoms with van der Waals surface area (Å²) in [5.41, 5.74) is 1.23. The highest BCUT2D eigenvalue weighted by molar-refractivity contribution is 5.78. The third-order valence-corrected chi connectivity index (χ3v) is 4.11. The van der Waals surface area contributed by atoms with Gasteiger partial charge in [-0.2, -0.15) is 0 Å². The zero-order chi connectivity index (χ0) is 15.6. The number of carbonyl (C=O) groups is 1. The van der Waals surface area contributed by atoms with Crippen LogP contribution in [0.3, 0.4) is 0 Å². The summed E-state index contributed by atoms with van der Waals surface area (Å²) in [4.78, 5) is 12.0. The molecule has 1 amide bonds. The molecule has 22 heavy (non-hydrogen) atoms. The zero-order valence-electron chi connectivity index (χ0n) is 13.6. The van der Waals surface area contributed by atoms with E-state index in [0.29, 0.717) is 6.54 Å². The Kier molecular flexibility index (Phi) is 7.23. The molecule has 0 bridgehead atoms. The zero-order valence-corrected chi connectivity index (χ0v) is 13.6. The standard InChI is InChI=1S/C18H28N2O2/c1-2-3-14-22-17-6-4-15(5-7-17)8-13-20-18(21)16-9-11-19-12-10-16/h4-7,16,19H,2-3,8-14H2,1H3,(H,20,21). The first-order chi connectivity index (χ1) is 10.8. The van der Waals surface area contributed by atoms with Gasteiger partial charge in [-0.3, -0.25) is 4.79 Å². The van der Waals surface area contributed by atoms with Crippen LogP contribution in [0.5, 0.6) is 5.75 Å². The molecule has 0 radical (unpaired) electrons. The van der Waals surface area contributed by atoms with Crippen LogP contribution in [-0.2, 0) is 11.2 Å². The van der Waals surface area contributed by atoms with E-state index >= 15 is 0 Å². The number of rotatable bonds is 8. The van der Waals surface area contributed by atoms with E-state index in [2.05, 4.69) is 29.7 Å². The summed E-state index contributed by atoms with van der Waals surface area (Å²) in [5, 5.41) is 6.34. The largest absolute Gasteiger partial charge is 0.494 e. The molecular weight excluding hydrogens is 276 g/mol. The third kappa shape index (κ3) is 5.68. The van der Waals surface area contributed by atoms with Gasteiger partial charge in [0, 0.05) is 12.5 Å². The highest BCUT2D eigenvalue weighted by Gasteiger charge is 2.20. The second-order valence-electron chi connectivity index (χ2n) is 5.91. The van der Waals surface area contributed by atoms with Gasteiger partial charge >= 0.3 is 0 Å². The number of hydrogen-bond donors (Lipinski definition) is 2. The van der Waals surface area contributed by atoms with Gasteiger partial charge in [0.2, 0.25) is 5.91 Å². The highest BCUT2D eigenvalue weighted by Crippen LogP contribution is 2.14. The highest BCUT2D eigenvalue weighted by atomic mass is 16.5. The van der Waals surface area contributed by atoms with Crippen molar-refractivity contribution in [3.63, 3.8) is 0 Å². The van der Waals surface area contributed by atoms with Gasteiger partial charge in [-0.1, -0.05) is 25.5 Å². The molecule has 4 heteroatoms. The van der Waals surface area contributed by atoms with Gasteiger partial charge in [0.25, 0.3) is 0 Å². The molecule has 4 nitrogen and oxygen atoms in total. The average Bonchev–Trinajstić information content (AvgIpc) is 2.57. The quantitative estimate of drug-likeness (QED) is 0.726. The fourth-order valence-electron chi connectivity index (χ4n) is 2.65. The van der Waals surface area contributed by atoms with Gasteiger partial charge in [0.15, 0.2) is 0 Å². The molecule has 0 saturated carbocycles. The van der Waals surface area contributed by atoms with Crippen LogP contribution in [0.1, 0.15) is 38.2 Å². The number of ether oxygens (including phenoxy) is 1. The van der Waals surface area contributed by atoms with Gasteiger partial charge in [-0.25, -0.2) is 0 Å². The van der Waals surface area contributed by atoms with Crippen LogP contribution in [0, 0.1) is 5.92 Å².